The lowest BCUT2D eigenvalue weighted by Crippen LogP contribution is -2.55. The molecule has 4 aliphatic rings. The summed E-state index contributed by atoms with van der Waals surface area (Å²) in [6, 6.07) is 0.988. The van der Waals surface area contributed by atoms with Gasteiger partial charge < -0.3 is 24.0 Å². The Kier molecular flexibility index (Phi) is 9.06. The van der Waals surface area contributed by atoms with E-state index in [0.29, 0.717) is 49.7 Å². The molecule has 0 N–H and O–H groups in total. The normalized spacial score (nSPS) is 26.4. The van der Waals surface area contributed by atoms with Crippen molar-refractivity contribution < 1.29 is 41.0 Å². The number of hydrogen-bond donors (Lipinski definition) is 0. The lowest BCUT2D eigenvalue weighted by Gasteiger charge is -2.42. The first kappa shape index (κ1) is 34.6. The lowest BCUT2D eigenvalue weighted by atomic mass is 9.90. The van der Waals surface area contributed by atoms with E-state index in [-0.39, 0.29) is 42.8 Å². The van der Waals surface area contributed by atoms with Gasteiger partial charge in [0.2, 0.25) is 0 Å². The number of hydrogen-bond acceptors (Lipinski definition) is 8. The second-order valence-corrected chi connectivity index (χ2v) is 14.7. The number of ether oxygens (including phenoxy) is 3. The quantitative estimate of drug-likeness (QED) is 0.333. The average molecular weight is 682 g/mol. The van der Waals surface area contributed by atoms with Crippen LogP contribution in [0.25, 0.3) is 0 Å². The van der Waals surface area contributed by atoms with Crippen molar-refractivity contribution in [1.82, 2.24) is 19.8 Å². The minimum absolute atomic E-state index is 0.0200. The van der Waals surface area contributed by atoms with E-state index in [0.717, 1.165) is 19.4 Å². The molecule has 4 atom stereocenters. The van der Waals surface area contributed by atoms with Crippen LogP contribution in [0.4, 0.5) is 32.6 Å². The number of rotatable bonds is 5. The molecule has 48 heavy (non-hydrogen) atoms. The van der Waals surface area contributed by atoms with Crippen LogP contribution in [-0.2, 0) is 28.7 Å². The maximum atomic E-state index is 15.6. The third-order valence-corrected chi connectivity index (χ3v) is 9.92. The number of carbonyl (C=O) groups excluding carboxylic acids is 1. The molecule has 0 aliphatic carbocycles. The number of fused-ring (bicyclic) bond motifs is 2. The molecule has 6 rings (SSSR count). The van der Waals surface area contributed by atoms with Crippen LogP contribution >= 0.6 is 0 Å². The van der Waals surface area contributed by atoms with Gasteiger partial charge in [0.15, 0.2) is 0 Å². The third kappa shape index (κ3) is 6.66. The molecule has 4 aliphatic heterocycles. The standard InChI is InChI=1S/C34H44F5N5O4/c1-19-12-20(2)28(36)26(27(19)34(37,38)39)25-13-24-23(17-46-25)29(44-11-10-42(15-21(44)3)31(45)48-32(4,5)6)41-30(40-24)47-18-33-8-7-9-43(33)16-22(35)14-33/h12,21-22,25H,7-11,13-18H2,1-6H3/t21-,22+,25?,33-/m0/s1. The first-order valence-electron chi connectivity index (χ1n) is 16.6. The summed E-state index contributed by atoms with van der Waals surface area (Å²) in [6.07, 6.45) is -5.52. The molecular weight excluding hydrogens is 637 g/mol. The second-order valence-electron chi connectivity index (χ2n) is 14.7. The molecular formula is C34H44F5N5O4. The van der Waals surface area contributed by atoms with E-state index in [2.05, 4.69) is 9.88 Å². The van der Waals surface area contributed by atoms with Gasteiger partial charge in [-0.1, -0.05) is 6.07 Å². The molecule has 2 aromatic rings. The van der Waals surface area contributed by atoms with Crippen molar-refractivity contribution in [3.05, 3.63) is 45.4 Å². The highest BCUT2D eigenvalue weighted by Gasteiger charge is 2.49. The Balaban J connectivity index is 1.34. The van der Waals surface area contributed by atoms with Crippen molar-refractivity contribution in [2.24, 2.45) is 0 Å². The van der Waals surface area contributed by atoms with E-state index >= 15 is 4.39 Å². The van der Waals surface area contributed by atoms with Gasteiger partial charge >= 0.3 is 18.3 Å². The SMILES string of the molecule is Cc1cc(C)c(C(F)(F)F)c(C2Cc3nc(OC[C@@]45CCCN4C[C@H](F)C5)nc(N4CCN(C(=O)OC(C)(C)C)C[C@@H]4C)c3CO2)c1F. The zero-order chi connectivity index (χ0) is 34.8. The molecule has 0 saturated carbocycles. The molecule has 14 heteroatoms. The van der Waals surface area contributed by atoms with Gasteiger partial charge in [0.25, 0.3) is 0 Å². The molecule has 1 aromatic heterocycles. The molecule has 264 valence electrons. The Morgan fingerprint density at radius 2 is 1.85 bits per heavy atom. The summed E-state index contributed by atoms with van der Waals surface area (Å²) in [6.45, 7) is 12.3. The summed E-state index contributed by atoms with van der Waals surface area (Å²) in [5.41, 5.74) is -1.72. The highest BCUT2D eigenvalue weighted by molar-refractivity contribution is 5.69. The van der Waals surface area contributed by atoms with Crippen molar-refractivity contribution in [3.8, 4) is 6.01 Å². The predicted molar refractivity (Wildman–Crippen MR) is 167 cm³/mol. The number of nitrogens with zero attached hydrogens (tertiary/aromatic N) is 5. The highest BCUT2D eigenvalue weighted by Crippen LogP contribution is 2.45. The topological polar surface area (TPSA) is 80.3 Å². The number of anilines is 1. The van der Waals surface area contributed by atoms with Gasteiger partial charge in [-0.15, -0.1) is 0 Å². The third-order valence-electron chi connectivity index (χ3n) is 9.92. The number of piperazine rings is 1. The Bertz CT molecular complexity index is 1570. The predicted octanol–water partition coefficient (Wildman–Crippen LogP) is 6.47. The molecule has 0 bridgehead atoms. The fourth-order valence-electron chi connectivity index (χ4n) is 7.80. The van der Waals surface area contributed by atoms with Crippen molar-refractivity contribution in [1.29, 1.82) is 0 Å². The maximum absolute atomic E-state index is 15.6. The fraction of sp³-hybridized carbons (Fsp3) is 0.676. The van der Waals surface area contributed by atoms with Crippen LogP contribution in [0, 0.1) is 19.7 Å². The summed E-state index contributed by atoms with van der Waals surface area (Å²) >= 11 is 0. The largest absolute Gasteiger partial charge is 0.461 e. The molecule has 0 radical (unpaired) electrons. The van der Waals surface area contributed by atoms with Gasteiger partial charge in [0.05, 0.1) is 29.5 Å². The van der Waals surface area contributed by atoms with E-state index in [1.54, 1.807) is 25.7 Å². The summed E-state index contributed by atoms with van der Waals surface area (Å²) in [4.78, 5) is 28.0. The highest BCUT2D eigenvalue weighted by atomic mass is 19.4. The van der Waals surface area contributed by atoms with Gasteiger partial charge in [0, 0.05) is 56.2 Å². The van der Waals surface area contributed by atoms with Crippen molar-refractivity contribution in [3.63, 3.8) is 0 Å². The van der Waals surface area contributed by atoms with E-state index < -0.39 is 52.6 Å². The Morgan fingerprint density at radius 1 is 1.10 bits per heavy atom. The van der Waals surface area contributed by atoms with Gasteiger partial charge in [0.1, 0.15) is 30.0 Å². The molecule has 5 heterocycles. The molecule has 1 aromatic carbocycles. The van der Waals surface area contributed by atoms with Gasteiger partial charge in [-0.2, -0.15) is 23.1 Å². The summed E-state index contributed by atoms with van der Waals surface area (Å²) < 4.78 is 90.8. The smallest absolute Gasteiger partial charge is 0.417 e. The van der Waals surface area contributed by atoms with Crippen LogP contribution in [0.15, 0.2) is 6.07 Å². The number of aromatic nitrogens is 2. The van der Waals surface area contributed by atoms with Crippen LogP contribution in [0.3, 0.4) is 0 Å². The first-order chi connectivity index (χ1) is 22.5. The van der Waals surface area contributed by atoms with E-state index in [4.69, 9.17) is 19.2 Å². The molecule has 1 unspecified atom stereocenters. The Hall–Kier alpha value is -3.26. The molecule has 3 saturated heterocycles. The van der Waals surface area contributed by atoms with Gasteiger partial charge in [-0.05, 0) is 72.1 Å². The summed E-state index contributed by atoms with van der Waals surface area (Å²) in [5.74, 6) is -0.473. The molecule has 3 fully saturated rings. The number of amides is 1. The van der Waals surface area contributed by atoms with Gasteiger partial charge in [-0.3, -0.25) is 4.90 Å². The average Bonchev–Trinajstić information content (AvgIpc) is 3.51. The zero-order valence-electron chi connectivity index (χ0n) is 28.3. The van der Waals surface area contributed by atoms with Crippen LogP contribution in [0.1, 0.15) is 86.6 Å². The minimum Gasteiger partial charge on any atom is -0.461 e. The monoisotopic (exact) mass is 681 g/mol. The van der Waals surface area contributed by atoms with E-state index in [9.17, 15) is 22.4 Å². The van der Waals surface area contributed by atoms with Crippen LogP contribution in [-0.4, -0.2) is 88.5 Å². The number of alkyl halides is 4. The molecule has 9 nitrogen and oxygen atoms in total. The number of carbonyl (C=O) groups is 1. The lowest BCUT2D eigenvalue weighted by molar-refractivity contribution is -0.140. The van der Waals surface area contributed by atoms with E-state index in [1.165, 1.54) is 19.9 Å². The maximum Gasteiger partial charge on any atom is 0.417 e. The van der Waals surface area contributed by atoms with Crippen LogP contribution in [0.2, 0.25) is 0 Å². The van der Waals surface area contributed by atoms with Crippen LogP contribution < -0.4 is 9.64 Å². The van der Waals surface area contributed by atoms with Crippen LogP contribution in [0.5, 0.6) is 6.01 Å². The van der Waals surface area contributed by atoms with Crippen molar-refractivity contribution >= 4 is 11.9 Å². The zero-order valence-corrected chi connectivity index (χ0v) is 28.3. The number of benzene rings is 1. The Labute approximate surface area is 277 Å². The first-order valence-corrected chi connectivity index (χ1v) is 16.6. The number of halogens is 5. The molecule has 1 amide bonds. The summed E-state index contributed by atoms with van der Waals surface area (Å²) in [7, 11) is 0. The summed E-state index contributed by atoms with van der Waals surface area (Å²) in [5, 5.41) is 0. The second kappa shape index (κ2) is 12.6. The fourth-order valence-corrected chi connectivity index (χ4v) is 7.80. The van der Waals surface area contributed by atoms with Gasteiger partial charge in [-0.25, -0.2) is 13.6 Å². The van der Waals surface area contributed by atoms with Crippen molar-refractivity contribution in [2.45, 2.75) is 109 Å². The minimum atomic E-state index is -4.80. The number of aryl methyl sites for hydroxylation is 2. The Morgan fingerprint density at radius 3 is 2.54 bits per heavy atom. The van der Waals surface area contributed by atoms with Crippen molar-refractivity contribution in [2.75, 3.05) is 44.2 Å². The molecule has 0 spiro atoms. The van der Waals surface area contributed by atoms with E-state index in [1.807, 2.05) is 11.8 Å².